The normalized spacial score (nSPS) is 16.1. The molecule has 0 saturated carbocycles. The zero-order chi connectivity index (χ0) is 19.9. The Kier molecular flexibility index (Phi) is 4.69. The average molecular weight is 388 g/mol. The van der Waals surface area contributed by atoms with Crippen molar-refractivity contribution in [3.05, 3.63) is 53.1 Å². The summed E-state index contributed by atoms with van der Waals surface area (Å²) in [6.45, 7) is 5.12. The number of amides is 2. The Balaban J connectivity index is 1.99. The summed E-state index contributed by atoms with van der Waals surface area (Å²) in [5, 5.41) is 0. The van der Waals surface area contributed by atoms with Crippen LogP contribution in [0.15, 0.2) is 41.3 Å². The molecule has 1 aliphatic rings. The fourth-order valence-corrected chi connectivity index (χ4v) is 4.30. The minimum absolute atomic E-state index is 0.0123. The van der Waals surface area contributed by atoms with Crippen molar-refractivity contribution < 1.29 is 22.2 Å². The number of nitrogens with two attached hydrogens (primary N) is 1. The second-order valence-corrected chi connectivity index (χ2v) is 8.18. The summed E-state index contributed by atoms with van der Waals surface area (Å²) in [6, 6.07) is 8.97. The molecule has 1 atom stereocenters. The van der Waals surface area contributed by atoms with E-state index in [1.807, 2.05) is 6.92 Å². The van der Waals surface area contributed by atoms with Gasteiger partial charge in [0, 0.05) is 18.7 Å². The number of hydrogen-bond donors (Lipinski definition) is 1. The molecule has 2 aromatic rings. The van der Waals surface area contributed by atoms with Gasteiger partial charge < -0.3 is 14.8 Å². The molecule has 0 radical (unpaired) electrons. The van der Waals surface area contributed by atoms with E-state index < -0.39 is 16.0 Å². The van der Waals surface area contributed by atoms with E-state index in [4.69, 9.17) is 9.92 Å². The Labute approximate surface area is 157 Å². The molecule has 1 heterocycles. The molecule has 0 saturated heterocycles. The Morgan fingerprint density at radius 1 is 1.19 bits per heavy atom. The summed E-state index contributed by atoms with van der Waals surface area (Å²) in [6.07, 6.45) is 0.551. The van der Waals surface area contributed by atoms with Gasteiger partial charge in [0.2, 0.25) is 5.91 Å². The van der Waals surface area contributed by atoms with E-state index in [1.165, 1.54) is 31.2 Å². The van der Waals surface area contributed by atoms with E-state index in [0.717, 1.165) is 11.1 Å². The van der Waals surface area contributed by atoms with Crippen molar-refractivity contribution in [2.75, 3.05) is 4.90 Å². The van der Waals surface area contributed by atoms with E-state index in [1.54, 1.807) is 24.0 Å². The number of carbonyl (C=O) groups excluding carboxylic acids is 2. The summed E-state index contributed by atoms with van der Waals surface area (Å²) >= 11 is 0. The molecule has 7 nitrogen and oxygen atoms in total. The molecule has 2 aromatic carbocycles. The monoisotopic (exact) mass is 388 g/mol. The largest absolute Gasteiger partial charge is 0.378 e. The molecule has 1 unspecified atom stereocenters. The number of anilines is 1. The summed E-state index contributed by atoms with van der Waals surface area (Å²) in [5.41, 5.74) is 7.47. The first-order chi connectivity index (χ1) is 12.6. The maximum absolute atomic E-state index is 12.7. The van der Waals surface area contributed by atoms with Crippen LogP contribution >= 0.6 is 0 Å². The van der Waals surface area contributed by atoms with Crippen molar-refractivity contribution in [3.63, 3.8) is 0 Å². The molecule has 2 amide bonds. The SMILES string of the molecule is CC(=O)N1c2ccc(S(=O)(=O)Oc3cc(C)ccc3C(N)=O)cc2CC1C. The average Bonchev–Trinajstić information content (AvgIpc) is 2.89. The molecular formula is C19H20N2O5S. The van der Waals surface area contributed by atoms with Crippen molar-refractivity contribution in [1.82, 2.24) is 0 Å². The first kappa shape index (κ1) is 18.9. The third-order valence-corrected chi connectivity index (χ3v) is 5.73. The number of primary amides is 1. The van der Waals surface area contributed by atoms with Gasteiger partial charge in [-0.1, -0.05) is 6.07 Å². The lowest BCUT2D eigenvalue weighted by atomic mass is 10.1. The van der Waals surface area contributed by atoms with Crippen LogP contribution < -0.4 is 14.8 Å². The van der Waals surface area contributed by atoms with Gasteiger partial charge >= 0.3 is 10.1 Å². The zero-order valence-electron chi connectivity index (χ0n) is 15.2. The Hall–Kier alpha value is -2.87. The lowest BCUT2D eigenvalue weighted by Gasteiger charge is -2.20. The second-order valence-electron chi connectivity index (χ2n) is 6.63. The maximum atomic E-state index is 12.7. The molecule has 0 bridgehead atoms. The van der Waals surface area contributed by atoms with Gasteiger partial charge in [-0.2, -0.15) is 8.42 Å². The number of rotatable bonds is 4. The quantitative estimate of drug-likeness (QED) is 0.808. The van der Waals surface area contributed by atoms with Crippen molar-refractivity contribution >= 4 is 27.6 Å². The Morgan fingerprint density at radius 3 is 2.52 bits per heavy atom. The number of benzene rings is 2. The van der Waals surface area contributed by atoms with E-state index in [2.05, 4.69) is 0 Å². The second kappa shape index (κ2) is 6.70. The molecule has 8 heteroatoms. The third-order valence-electron chi connectivity index (χ3n) is 4.50. The van der Waals surface area contributed by atoms with Gasteiger partial charge in [0.1, 0.15) is 4.90 Å². The smallest absolute Gasteiger partial charge is 0.339 e. The van der Waals surface area contributed by atoms with Gasteiger partial charge in [0.05, 0.1) is 5.56 Å². The molecular weight excluding hydrogens is 368 g/mol. The molecule has 0 spiro atoms. The highest BCUT2D eigenvalue weighted by molar-refractivity contribution is 7.87. The first-order valence-corrected chi connectivity index (χ1v) is 9.78. The number of aryl methyl sites for hydroxylation is 1. The van der Waals surface area contributed by atoms with Crippen LogP contribution in [0, 0.1) is 6.92 Å². The van der Waals surface area contributed by atoms with Crippen molar-refractivity contribution in [1.29, 1.82) is 0 Å². The Morgan fingerprint density at radius 2 is 1.89 bits per heavy atom. The zero-order valence-corrected chi connectivity index (χ0v) is 16.0. The first-order valence-electron chi connectivity index (χ1n) is 8.38. The Bertz CT molecular complexity index is 1050. The lowest BCUT2D eigenvalue weighted by Crippen LogP contribution is -2.33. The molecule has 27 heavy (non-hydrogen) atoms. The summed E-state index contributed by atoms with van der Waals surface area (Å²) in [4.78, 5) is 25.0. The summed E-state index contributed by atoms with van der Waals surface area (Å²) in [7, 11) is -4.17. The van der Waals surface area contributed by atoms with Crippen molar-refractivity contribution in [3.8, 4) is 5.75 Å². The fourth-order valence-electron chi connectivity index (χ4n) is 3.31. The van der Waals surface area contributed by atoms with E-state index in [-0.39, 0.29) is 28.2 Å². The minimum atomic E-state index is -4.17. The standard InChI is InChI=1S/C19H20N2O5S/c1-11-4-6-16(19(20)23)18(8-11)26-27(24,25)15-5-7-17-14(10-15)9-12(2)21(17)13(3)22/h4-8,10,12H,9H2,1-3H3,(H2,20,23). The van der Waals surface area contributed by atoms with Crippen LogP contribution in [-0.4, -0.2) is 26.3 Å². The molecule has 2 N–H and O–H groups in total. The van der Waals surface area contributed by atoms with Crippen LogP contribution in [0.2, 0.25) is 0 Å². The van der Waals surface area contributed by atoms with Crippen molar-refractivity contribution in [2.45, 2.75) is 38.1 Å². The number of hydrogen-bond acceptors (Lipinski definition) is 5. The van der Waals surface area contributed by atoms with Gasteiger partial charge in [-0.3, -0.25) is 9.59 Å². The topological polar surface area (TPSA) is 107 Å². The third kappa shape index (κ3) is 3.52. The number of fused-ring (bicyclic) bond motifs is 1. The van der Waals surface area contributed by atoms with Gasteiger partial charge in [-0.15, -0.1) is 0 Å². The highest BCUT2D eigenvalue weighted by Gasteiger charge is 2.31. The molecule has 0 aromatic heterocycles. The van der Waals surface area contributed by atoms with E-state index in [0.29, 0.717) is 12.1 Å². The van der Waals surface area contributed by atoms with E-state index in [9.17, 15) is 18.0 Å². The molecule has 1 aliphatic heterocycles. The summed E-state index contributed by atoms with van der Waals surface area (Å²) in [5.74, 6) is -0.985. The van der Waals surface area contributed by atoms with Crippen molar-refractivity contribution in [2.24, 2.45) is 5.73 Å². The van der Waals surface area contributed by atoms with Gasteiger partial charge in [0.25, 0.3) is 5.91 Å². The van der Waals surface area contributed by atoms with Crippen LogP contribution in [0.1, 0.15) is 35.3 Å². The lowest BCUT2D eigenvalue weighted by molar-refractivity contribution is -0.116. The summed E-state index contributed by atoms with van der Waals surface area (Å²) < 4.78 is 30.7. The van der Waals surface area contributed by atoms with E-state index >= 15 is 0 Å². The molecule has 3 rings (SSSR count). The van der Waals surface area contributed by atoms with Crippen LogP contribution in [0.25, 0.3) is 0 Å². The van der Waals surface area contributed by atoms with Gasteiger partial charge in [0.15, 0.2) is 5.75 Å². The highest BCUT2D eigenvalue weighted by Crippen LogP contribution is 2.34. The fraction of sp³-hybridized carbons (Fsp3) is 0.263. The predicted molar refractivity (Wildman–Crippen MR) is 100 cm³/mol. The number of nitrogens with zero attached hydrogens (tertiary/aromatic N) is 1. The maximum Gasteiger partial charge on any atom is 0.339 e. The molecule has 142 valence electrons. The molecule has 0 fully saturated rings. The van der Waals surface area contributed by atoms with Crippen LogP contribution in [0.5, 0.6) is 5.75 Å². The minimum Gasteiger partial charge on any atom is -0.378 e. The number of carbonyl (C=O) groups is 2. The highest BCUT2D eigenvalue weighted by atomic mass is 32.2. The van der Waals surface area contributed by atoms with Crippen LogP contribution in [0.4, 0.5) is 5.69 Å². The molecule has 0 aliphatic carbocycles. The van der Waals surface area contributed by atoms with Crippen LogP contribution in [0.3, 0.4) is 0 Å². The van der Waals surface area contributed by atoms with Gasteiger partial charge in [-0.25, -0.2) is 0 Å². The predicted octanol–water partition coefficient (Wildman–Crippen LogP) is 2.16. The van der Waals surface area contributed by atoms with Crippen LogP contribution in [-0.2, 0) is 21.3 Å². The van der Waals surface area contributed by atoms with Gasteiger partial charge in [-0.05, 0) is 61.7 Å².